The Balaban J connectivity index is 2.92. The van der Waals surface area contributed by atoms with Gasteiger partial charge in [-0.25, -0.2) is 4.39 Å². The lowest BCUT2D eigenvalue weighted by Gasteiger charge is -2.14. The summed E-state index contributed by atoms with van der Waals surface area (Å²) in [6, 6.07) is 3.06. The van der Waals surface area contributed by atoms with Gasteiger partial charge in [0.1, 0.15) is 5.82 Å². The van der Waals surface area contributed by atoms with Crippen molar-refractivity contribution < 1.29 is 4.39 Å². The predicted octanol–water partition coefficient (Wildman–Crippen LogP) is 3.89. The van der Waals surface area contributed by atoms with Gasteiger partial charge in [0.05, 0.1) is 5.52 Å². The van der Waals surface area contributed by atoms with Gasteiger partial charge in [-0.15, -0.1) is 0 Å². The zero-order valence-electron chi connectivity index (χ0n) is 10.1. The van der Waals surface area contributed by atoms with Crippen molar-refractivity contribution in [3.63, 3.8) is 0 Å². The molecule has 1 aromatic heterocycles. The smallest absolute Gasteiger partial charge is 0.125 e. The van der Waals surface area contributed by atoms with E-state index in [0.29, 0.717) is 0 Å². The summed E-state index contributed by atoms with van der Waals surface area (Å²) in [6.07, 6.45) is 0.879. The minimum Gasteiger partial charge on any atom is -0.387 e. The molecule has 0 atom stereocenters. The highest BCUT2D eigenvalue weighted by Crippen LogP contribution is 2.31. The van der Waals surface area contributed by atoms with E-state index in [-0.39, 0.29) is 5.82 Å². The largest absolute Gasteiger partial charge is 0.387 e. The predicted molar refractivity (Wildman–Crippen MR) is 78.1 cm³/mol. The maximum absolute atomic E-state index is 13.5. The molecule has 0 bridgehead atoms. The van der Waals surface area contributed by atoms with Crippen molar-refractivity contribution in [2.24, 2.45) is 0 Å². The van der Waals surface area contributed by atoms with Crippen LogP contribution in [0.3, 0.4) is 0 Å². The SMILES string of the molecule is CCc1nc2c(I)cc(F)cc2c(NC)c1C. The number of halogens is 2. The van der Waals surface area contributed by atoms with E-state index in [0.717, 1.165) is 37.8 Å². The molecule has 4 heteroatoms. The summed E-state index contributed by atoms with van der Waals surface area (Å²) in [7, 11) is 1.86. The molecule has 0 aliphatic heterocycles. The molecule has 2 aromatic rings. The van der Waals surface area contributed by atoms with Gasteiger partial charge in [-0.2, -0.15) is 0 Å². The van der Waals surface area contributed by atoms with E-state index in [9.17, 15) is 4.39 Å². The minimum atomic E-state index is -0.219. The maximum Gasteiger partial charge on any atom is 0.125 e. The second-order valence-corrected chi connectivity index (χ2v) is 5.11. The Labute approximate surface area is 114 Å². The second kappa shape index (κ2) is 4.76. The Kier molecular flexibility index (Phi) is 3.51. The molecule has 17 heavy (non-hydrogen) atoms. The number of nitrogens with zero attached hydrogens (tertiary/aromatic N) is 1. The van der Waals surface area contributed by atoms with Gasteiger partial charge in [-0.05, 0) is 53.6 Å². The number of hydrogen-bond acceptors (Lipinski definition) is 2. The van der Waals surface area contributed by atoms with Gasteiger partial charge in [0.25, 0.3) is 0 Å². The second-order valence-electron chi connectivity index (χ2n) is 3.95. The van der Waals surface area contributed by atoms with Crippen LogP contribution in [0.4, 0.5) is 10.1 Å². The van der Waals surface area contributed by atoms with Gasteiger partial charge in [0.15, 0.2) is 0 Å². The average molecular weight is 344 g/mol. The van der Waals surface area contributed by atoms with Crippen molar-refractivity contribution in [2.45, 2.75) is 20.3 Å². The Morgan fingerprint density at radius 2 is 2.12 bits per heavy atom. The monoisotopic (exact) mass is 344 g/mol. The molecule has 0 fully saturated rings. The first-order valence-corrected chi connectivity index (χ1v) is 6.62. The van der Waals surface area contributed by atoms with Crippen LogP contribution in [0.15, 0.2) is 12.1 Å². The Morgan fingerprint density at radius 3 is 2.71 bits per heavy atom. The molecular weight excluding hydrogens is 330 g/mol. The van der Waals surface area contributed by atoms with Crippen molar-refractivity contribution in [3.8, 4) is 0 Å². The molecule has 1 aromatic carbocycles. The van der Waals surface area contributed by atoms with Crippen LogP contribution in [0.1, 0.15) is 18.2 Å². The molecule has 0 spiro atoms. The number of anilines is 1. The van der Waals surface area contributed by atoms with E-state index < -0.39 is 0 Å². The van der Waals surface area contributed by atoms with Gasteiger partial charge in [0, 0.05) is 27.4 Å². The molecule has 0 amide bonds. The molecular formula is C13H14FIN2. The minimum absolute atomic E-state index is 0.219. The fraction of sp³-hybridized carbons (Fsp3) is 0.308. The highest BCUT2D eigenvalue weighted by molar-refractivity contribution is 14.1. The first kappa shape index (κ1) is 12.5. The van der Waals surface area contributed by atoms with Crippen LogP contribution in [0.2, 0.25) is 0 Å². The zero-order valence-corrected chi connectivity index (χ0v) is 12.2. The normalized spacial score (nSPS) is 10.9. The van der Waals surface area contributed by atoms with Crippen LogP contribution in [0.25, 0.3) is 10.9 Å². The average Bonchev–Trinajstić information content (AvgIpc) is 2.28. The van der Waals surface area contributed by atoms with Crippen LogP contribution in [0.5, 0.6) is 0 Å². The molecule has 0 saturated carbocycles. The summed E-state index contributed by atoms with van der Waals surface area (Å²) in [5, 5.41) is 4.01. The van der Waals surface area contributed by atoms with Crippen molar-refractivity contribution >= 4 is 39.2 Å². The van der Waals surface area contributed by atoms with Crippen LogP contribution >= 0.6 is 22.6 Å². The van der Waals surface area contributed by atoms with E-state index in [1.165, 1.54) is 6.07 Å². The van der Waals surface area contributed by atoms with Crippen molar-refractivity contribution in [3.05, 3.63) is 32.8 Å². The summed E-state index contributed by atoms with van der Waals surface area (Å²) in [5.41, 5.74) is 4.01. The third-order valence-electron chi connectivity index (χ3n) is 2.94. The van der Waals surface area contributed by atoms with Crippen LogP contribution in [-0.4, -0.2) is 12.0 Å². The van der Waals surface area contributed by atoms with E-state index >= 15 is 0 Å². The Morgan fingerprint density at radius 1 is 1.41 bits per heavy atom. The van der Waals surface area contributed by atoms with E-state index in [4.69, 9.17) is 0 Å². The first-order valence-electron chi connectivity index (χ1n) is 5.54. The lowest BCUT2D eigenvalue weighted by atomic mass is 10.1. The number of pyridine rings is 1. The van der Waals surface area contributed by atoms with Gasteiger partial charge < -0.3 is 5.32 Å². The molecule has 2 nitrogen and oxygen atoms in total. The molecule has 0 saturated heterocycles. The lowest BCUT2D eigenvalue weighted by Crippen LogP contribution is -2.02. The molecule has 0 aliphatic rings. The van der Waals surface area contributed by atoms with Crippen molar-refractivity contribution in [1.29, 1.82) is 0 Å². The number of fused-ring (bicyclic) bond motifs is 1. The summed E-state index contributed by atoms with van der Waals surface area (Å²) in [6.45, 7) is 4.10. The Hall–Kier alpha value is -0.910. The number of rotatable bonds is 2. The van der Waals surface area contributed by atoms with Gasteiger partial charge in [-0.3, -0.25) is 4.98 Å². The molecule has 90 valence electrons. The standard InChI is InChI=1S/C13H14FIN2/c1-4-11-7(2)12(16-3)9-5-8(14)6-10(15)13(9)17-11/h5-6H,4H2,1-3H3,(H,16,17). The van der Waals surface area contributed by atoms with Crippen molar-refractivity contribution in [2.75, 3.05) is 12.4 Å². The fourth-order valence-corrected chi connectivity index (χ4v) is 2.81. The quantitative estimate of drug-likeness (QED) is 0.836. The van der Waals surface area contributed by atoms with Crippen LogP contribution in [-0.2, 0) is 6.42 Å². The number of nitrogens with one attached hydrogen (secondary N) is 1. The van der Waals surface area contributed by atoms with Crippen LogP contribution in [0, 0.1) is 16.3 Å². The van der Waals surface area contributed by atoms with E-state index in [2.05, 4.69) is 39.8 Å². The molecule has 2 rings (SSSR count). The van der Waals surface area contributed by atoms with E-state index in [1.807, 2.05) is 14.0 Å². The summed E-state index contributed by atoms with van der Waals surface area (Å²) < 4.78 is 14.3. The summed E-state index contributed by atoms with van der Waals surface area (Å²) in [5.74, 6) is -0.219. The fourth-order valence-electron chi connectivity index (χ4n) is 2.10. The molecule has 0 aliphatic carbocycles. The third-order valence-corrected chi connectivity index (χ3v) is 3.76. The molecule has 0 unspecified atom stereocenters. The number of hydrogen-bond donors (Lipinski definition) is 1. The maximum atomic E-state index is 13.5. The molecule has 0 radical (unpaired) electrons. The zero-order chi connectivity index (χ0) is 12.6. The Bertz CT molecular complexity index is 581. The lowest BCUT2D eigenvalue weighted by molar-refractivity contribution is 0.628. The van der Waals surface area contributed by atoms with Gasteiger partial charge >= 0.3 is 0 Å². The summed E-state index contributed by atoms with van der Waals surface area (Å²) in [4.78, 5) is 4.63. The highest BCUT2D eigenvalue weighted by Gasteiger charge is 2.12. The van der Waals surface area contributed by atoms with Crippen LogP contribution < -0.4 is 5.32 Å². The van der Waals surface area contributed by atoms with Gasteiger partial charge in [0.2, 0.25) is 0 Å². The molecule has 1 heterocycles. The third kappa shape index (κ3) is 2.10. The highest BCUT2D eigenvalue weighted by atomic mass is 127. The van der Waals surface area contributed by atoms with E-state index in [1.54, 1.807) is 6.07 Å². The van der Waals surface area contributed by atoms with Gasteiger partial charge in [-0.1, -0.05) is 6.92 Å². The molecule has 1 N–H and O–H groups in total. The summed E-state index contributed by atoms with van der Waals surface area (Å²) >= 11 is 2.13. The topological polar surface area (TPSA) is 24.9 Å². The first-order chi connectivity index (χ1) is 8.08. The number of benzene rings is 1. The number of aryl methyl sites for hydroxylation is 1. The van der Waals surface area contributed by atoms with Crippen molar-refractivity contribution in [1.82, 2.24) is 4.98 Å². The number of aromatic nitrogens is 1.